The van der Waals surface area contributed by atoms with Crippen molar-refractivity contribution in [3.63, 3.8) is 0 Å². The molecule has 6 unspecified atom stereocenters. The van der Waals surface area contributed by atoms with Gasteiger partial charge in [-0.15, -0.1) is 11.3 Å². The molecular weight excluding hydrogens is 322 g/mol. The average Bonchev–Trinajstić information content (AvgIpc) is 3.06. The fourth-order valence-electron chi connectivity index (χ4n) is 7.82. The lowest BCUT2D eigenvalue weighted by atomic mass is 9.41. The molecule has 0 aromatic carbocycles. The fraction of sp³-hybridized carbons (Fsp3) is 0.870. The zero-order chi connectivity index (χ0) is 17.8. The third-order valence-corrected chi connectivity index (χ3v) is 11.6. The highest BCUT2D eigenvalue weighted by molar-refractivity contribution is 7.12. The third kappa shape index (κ3) is 1.88. The van der Waals surface area contributed by atoms with Gasteiger partial charge in [0.1, 0.15) is 0 Å². The maximum absolute atomic E-state index is 5.09. The van der Waals surface area contributed by atoms with Crippen LogP contribution in [0.2, 0.25) is 0 Å². The van der Waals surface area contributed by atoms with Crippen molar-refractivity contribution >= 4 is 11.3 Å². The van der Waals surface area contributed by atoms with Crippen molar-refractivity contribution in [1.29, 1.82) is 0 Å². The molecule has 7 rings (SSSR count). The van der Waals surface area contributed by atoms with Crippen molar-refractivity contribution in [3.05, 3.63) is 16.1 Å². The number of hydrogen-bond acceptors (Lipinski definition) is 2. The van der Waals surface area contributed by atoms with E-state index in [0.717, 1.165) is 23.7 Å². The number of hydrogen-bond donors (Lipinski definition) is 0. The molecule has 0 saturated heterocycles. The average molecular weight is 358 g/mol. The van der Waals surface area contributed by atoms with Gasteiger partial charge in [-0.2, -0.15) is 0 Å². The molecule has 6 atom stereocenters. The third-order valence-electron chi connectivity index (χ3n) is 10.1. The van der Waals surface area contributed by atoms with Crippen LogP contribution in [0, 0.1) is 34.5 Å². The number of aromatic nitrogens is 1. The molecular formula is C23H35NS. The molecule has 1 aromatic rings. The van der Waals surface area contributed by atoms with Crippen molar-refractivity contribution in [1.82, 2.24) is 4.98 Å². The van der Waals surface area contributed by atoms with Gasteiger partial charge in [-0.25, -0.2) is 4.98 Å². The predicted molar refractivity (Wildman–Crippen MR) is 106 cm³/mol. The first-order chi connectivity index (χ1) is 11.6. The number of rotatable bonds is 2. The Morgan fingerprint density at radius 3 is 1.88 bits per heavy atom. The molecule has 1 aromatic heterocycles. The molecule has 0 spiro atoms. The monoisotopic (exact) mass is 357 g/mol. The van der Waals surface area contributed by atoms with E-state index in [1.54, 1.807) is 4.88 Å². The number of nitrogens with zero attached hydrogens (tertiary/aromatic N) is 1. The van der Waals surface area contributed by atoms with Gasteiger partial charge in [-0.05, 0) is 73.0 Å². The summed E-state index contributed by atoms with van der Waals surface area (Å²) in [6, 6.07) is 0. The van der Waals surface area contributed by atoms with E-state index >= 15 is 0 Å². The molecule has 1 nitrogen and oxygen atoms in total. The highest BCUT2D eigenvalue weighted by Gasteiger charge is 2.62. The molecule has 138 valence electrons. The van der Waals surface area contributed by atoms with Crippen molar-refractivity contribution in [2.24, 2.45) is 34.5 Å². The lowest BCUT2D eigenvalue weighted by molar-refractivity contribution is -0.116. The summed E-state index contributed by atoms with van der Waals surface area (Å²) in [6.45, 7) is 15.1. The van der Waals surface area contributed by atoms with Crippen molar-refractivity contribution in [2.45, 2.75) is 90.9 Å². The summed E-state index contributed by atoms with van der Waals surface area (Å²) in [4.78, 5) is 6.69. The van der Waals surface area contributed by atoms with E-state index in [4.69, 9.17) is 4.98 Å². The van der Waals surface area contributed by atoms with Gasteiger partial charge in [0.2, 0.25) is 0 Å². The normalized spacial score (nSPS) is 49.2. The molecule has 0 radical (unpaired) electrons. The Kier molecular flexibility index (Phi) is 3.17. The van der Waals surface area contributed by atoms with Gasteiger partial charge >= 0.3 is 0 Å². The van der Waals surface area contributed by atoms with E-state index in [1.807, 2.05) is 0 Å². The van der Waals surface area contributed by atoms with E-state index in [0.29, 0.717) is 21.7 Å². The molecule has 6 aliphatic carbocycles. The Morgan fingerprint density at radius 1 is 0.840 bits per heavy atom. The van der Waals surface area contributed by atoms with Crippen LogP contribution in [0.4, 0.5) is 0 Å². The van der Waals surface area contributed by atoms with Gasteiger partial charge < -0.3 is 0 Å². The van der Waals surface area contributed by atoms with Crippen molar-refractivity contribution in [2.75, 3.05) is 0 Å². The first kappa shape index (κ1) is 16.8. The van der Waals surface area contributed by atoms with Crippen molar-refractivity contribution < 1.29 is 0 Å². The van der Waals surface area contributed by atoms with E-state index in [-0.39, 0.29) is 0 Å². The first-order valence-electron chi connectivity index (χ1n) is 10.6. The van der Waals surface area contributed by atoms with Crippen LogP contribution in [0.1, 0.15) is 90.0 Å². The van der Waals surface area contributed by atoms with Gasteiger partial charge in [0.05, 0.1) is 5.01 Å². The summed E-state index contributed by atoms with van der Waals surface area (Å²) in [7, 11) is 0. The van der Waals surface area contributed by atoms with Crippen LogP contribution in [-0.4, -0.2) is 4.98 Å². The molecule has 0 aliphatic heterocycles. The summed E-state index contributed by atoms with van der Waals surface area (Å²) in [6.07, 6.45) is 10.7. The minimum absolute atomic E-state index is 0.323. The second-order valence-corrected chi connectivity index (χ2v) is 12.6. The minimum atomic E-state index is 0.323. The topological polar surface area (TPSA) is 12.9 Å². The zero-order valence-electron chi connectivity index (χ0n) is 17.0. The van der Waals surface area contributed by atoms with Crippen LogP contribution in [-0.2, 0) is 10.8 Å². The highest BCUT2D eigenvalue weighted by atomic mass is 32.1. The summed E-state index contributed by atoms with van der Waals surface area (Å²) in [5.41, 5.74) is 1.76. The molecule has 6 fully saturated rings. The van der Waals surface area contributed by atoms with Crippen molar-refractivity contribution in [3.8, 4) is 0 Å². The van der Waals surface area contributed by atoms with Gasteiger partial charge in [-0.1, -0.05) is 41.5 Å². The van der Waals surface area contributed by atoms with E-state index in [2.05, 4.69) is 59.1 Å². The maximum atomic E-state index is 5.09. The SMILES string of the molecule is CC1(c2cnc(C3(C)CCC4CC3C4(C)C)s2)CCC2CC1C2(C)C. The molecule has 6 saturated carbocycles. The maximum Gasteiger partial charge on any atom is 0.0989 e. The lowest BCUT2D eigenvalue weighted by Gasteiger charge is -2.64. The number of fused-ring (bicyclic) bond motifs is 4. The second-order valence-electron chi connectivity index (χ2n) is 11.6. The first-order valence-corrected chi connectivity index (χ1v) is 11.4. The van der Waals surface area contributed by atoms with Crippen LogP contribution in [0.3, 0.4) is 0 Å². The fourth-order valence-corrected chi connectivity index (χ4v) is 9.20. The Morgan fingerprint density at radius 2 is 1.36 bits per heavy atom. The largest absolute Gasteiger partial charge is 0.249 e. The standard InChI is InChI=1S/C23H35NS/c1-20(2)14-7-9-22(5,16(20)11-14)18-13-24-19(25-18)23(6)10-8-15-12-17(23)21(15,3)4/h13-17H,7-12H2,1-6H3. The second kappa shape index (κ2) is 4.72. The molecule has 25 heavy (non-hydrogen) atoms. The van der Waals surface area contributed by atoms with Gasteiger partial charge in [-0.3, -0.25) is 0 Å². The molecule has 0 amide bonds. The van der Waals surface area contributed by atoms with E-state index < -0.39 is 0 Å². The minimum Gasteiger partial charge on any atom is -0.249 e. The summed E-state index contributed by atoms with van der Waals surface area (Å²) in [5.74, 6) is 3.63. The van der Waals surface area contributed by atoms with Crippen LogP contribution in [0.5, 0.6) is 0 Å². The van der Waals surface area contributed by atoms with Gasteiger partial charge in [0.15, 0.2) is 0 Å². The molecule has 4 bridgehead atoms. The Hall–Kier alpha value is -0.370. The summed E-state index contributed by atoms with van der Waals surface area (Å²) < 4.78 is 0. The number of thiazole rings is 1. The zero-order valence-corrected chi connectivity index (χ0v) is 17.8. The van der Waals surface area contributed by atoms with Crippen LogP contribution < -0.4 is 0 Å². The Bertz CT molecular complexity index is 653. The Balaban J connectivity index is 1.48. The van der Waals surface area contributed by atoms with Crippen LogP contribution in [0.25, 0.3) is 0 Å². The molecule has 1 heterocycles. The lowest BCUT2D eigenvalue weighted by Crippen LogP contribution is -2.58. The van der Waals surface area contributed by atoms with Crippen LogP contribution >= 0.6 is 11.3 Å². The predicted octanol–water partition coefficient (Wildman–Crippen LogP) is 6.57. The molecule has 0 N–H and O–H groups in total. The summed E-state index contributed by atoms with van der Waals surface area (Å²) >= 11 is 2.09. The highest BCUT2D eigenvalue weighted by Crippen LogP contribution is 2.69. The van der Waals surface area contributed by atoms with Crippen LogP contribution in [0.15, 0.2) is 6.20 Å². The summed E-state index contributed by atoms with van der Waals surface area (Å²) in [5, 5.41) is 1.46. The molecule has 2 heteroatoms. The Labute approximate surface area is 158 Å². The smallest absolute Gasteiger partial charge is 0.0989 e. The van der Waals surface area contributed by atoms with E-state index in [1.165, 1.54) is 43.5 Å². The van der Waals surface area contributed by atoms with E-state index in [9.17, 15) is 0 Å². The van der Waals surface area contributed by atoms with Gasteiger partial charge in [0, 0.05) is 21.9 Å². The van der Waals surface area contributed by atoms with Gasteiger partial charge in [0.25, 0.3) is 0 Å². The molecule has 6 aliphatic rings. The quantitative estimate of drug-likeness (QED) is 0.583.